The maximum atomic E-state index is 6.41. The lowest BCUT2D eigenvalue weighted by Crippen LogP contribution is -2.11. The Labute approximate surface area is 152 Å². The van der Waals surface area contributed by atoms with Gasteiger partial charge >= 0.3 is 0 Å². The van der Waals surface area contributed by atoms with Crippen molar-refractivity contribution >= 4 is 16.7 Å². The normalized spacial score (nSPS) is 12.2. The molecule has 4 rings (SSSR count). The molecular weight excluding hydrogens is 322 g/mol. The number of nitrogens with one attached hydrogen (secondary N) is 1. The average Bonchev–Trinajstić information content (AvgIpc) is 3.11. The van der Waals surface area contributed by atoms with Crippen LogP contribution in [0.3, 0.4) is 0 Å². The molecule has 2 aromatic heterocycles. The van der Waals surface area contributed by atoms with E-state index >= 15 is 0 Å². The van der Waals surface area contributed by atoms with Crippen molar-refractivity contribution in [2.75, 3.05) is 5.32 Å². The van der Waals surface area contributed by atoms with Gasteiger partial charge in [-0.3, -0.25) is 0 Å². The molecule has 26 heavy (non-hydrogen) atoms. The van der Waals surface area contributed by atoms with Crippen molar-refractivity contribution in [3.8, 4) is 0 Å². The van der Waals surface area contributed by atoms with Crippen molar-refractivity contribution in [3.63, 3.8) is 0 Å². The number of aromatic nitrogens is 1. The Balaban J connectivity index is 1.54. The molecule has 4 nitrogen and oxygen atoms in total. The van der Waals surface area contributed by atoms with Crippen LogP contribution in [0.15, 0.2) is 77.2 Å². The van der Waals surface area contributed by atoms with Crippen LogP contribution in [-0.4, -0.2) is 4.98 Å². The number of rotatable bonds is 5. The van der Waals surface area contributed by atoms with Gasteiger partial charge in [0, 0.05) is 5.39 Å². The molecular formula is C22H21N3O. The first-order chi connectivity index (χ1) is 12.7. The van der Waals surface area contributed by atoms with Gasteiger partial charge < -0.3 is 15.5 Å². The number of nitrogens with two attached hydrogens (primary N) is 1. The molecule has 0 bridgehead atoms. The van der Waals surface area contributed by atoms with Crippen LogP contribution in [0.2, 0.25) is 0 Å². The molecule has 1 atom stereocenters. The molecule has 4 aromatic rings. The topological polar surface area (TPSA) is 64.1 Å². The third kappa shape index (κ3) is 3.46. The third-order valence-electron chi connectivity index (χ3n) is 4.47. The second-order valence-electron chi connectivity index (χ2n) is 6.40. The molecule has 0 fully saturated rings. The van der Waals surface area contributed by atoms with Crippen LogP contribution in [0.5, 0.6) is 0 Å². The summed E-state index contributed by atoms with van der Waals surface area (Å²) in [5.74, 6) is 2.63. The summed E-state index contributed by atoms with van der Waals surface area (Å²) in [5.41, 5.74) is 9.53. The number of aryl methyl sites for hydroxylation is 1. The van der Waals surface area contributed by atoms with E-state index in [0.29, 0.717) is 6.54 Å². The summed E-state index contributed by atoms with van der Waals surface area (Å²) in [6.45, 7) is 2.55. The third-order valence-corrected chi connectivity index (χ3v) is 4.47. The van der Waals surface area contributed by atoms with E-state index in [-0.39, 0.29) is 6.04 Å². The minimum Gasteiger partial charge on any atom is -0.465 e. The average molecular weight is 343 g/mol. The summed E-state index contributed by atoms with van der Waals surface area (Å²) in [4.78, 5) is 4.68. The highest BCUT2D eigenvalue weighted by Gasteiger charge is 2.09. The maximum absolute atomic E-state index is 6.41. The Morgan fingerprint density at radius 2 is 1.81 bits per heavy atom. The Morgan fingerprint density at radius 3 is 2.58 bits per heavy atom. The maximum Gasteiger partial charge on any atom is 0.127 e. The zero-order valence-electron chi connectivity index (χ0n) is 14.6. The first kappa shape index (κ1) is 16.4. The molecule has 0 spiro atoms. The first-order valence-corrected chi connectivity index (χ1v) is 8.69. The van der Waals surface area contributed by atoms with Gasteiger partial charge in [0.05, 0.1) is 18.1 Å². The molecule has 0 saturated carbocycles. The fourth-order valence-electron chi connectivity index (χ4n) is 3.05. The van der Waals surface area contributed by atoms with Crippen molar-refractivity contribution in [3.05, 3.63) is 95.4 Å². The van der Waals surface area contributed by atoms with Crippen molar-refractivity contribution in [2.24, 2.45) is 5.73 Å². The Morgan fingerprint density at radius 1 is 0.962 bits per heavy atom. The molecule has 0 radical (unpaired) electrons. The molecule has 0 amide bonds. The van der Waals surface area contributed by atoms with Gasteiger partial charge in [-0.2, -0.15) is 0 Å². The second-order valence-corrected chi connectivity index (χ2v) is 6.40. The summed E-state index contributed by atoms with van der Waals surface area (Å²) in [6, 6.07) is 24.2. The van der Waals surface area contributed by atoms with Crippen LogP contribution in [0.4, 0.5) is 5.82 Å². The summed E-state index contributed by atoms with van der Waals surface area (Å²) in [6.07, 6.45) is 0. The van der Waals surface area contributed by atoms with E-state index in [1.54, 1.807) is 0 Å². The van der Waals surface area contributed by atoms with Gasteiger partial charge in [-0.05, 0) is 54.4 Å². The zero-order chi connectivity index (χ0) is 17.9. The van der Waals surface area contributed by atoms with E-state index in [0.717, 1.165) is 39.4 Å². The molecule has 130 valence electrons. The molecule has 3 N–H and O–H groups in total. The predicted molar refractivity (Wildman–Crippen MR) is 105 cm³/mol. The molecule has 1 unspecified atom stereocenters. The van der Waals surface area contributed by atoms with Gasteiger partial charge in [0.25, 0.3) is 0 Å². The van der Waals surface area contributed by atoms with Crippen LogP contribution < -0.4 is 11.1 Å². The van der Waals surface area contributed by atoms with E-state index in [9.17, 15) is 0 Å². The summed E-state index contributed by atoms with van der Waals surface area (Å²) in [7, 11) is 0. The van der Waals surface area contributed by atoms with Crippen LogP contribution in [0.1, 0.15) is 28.7 Å². The lowest BCUT2D eigenvalue weighted by molar-refractivity contribution is 0.490. The molecule has 4 heteroatoms. The molecule has 0 saturated heterocycles. The smallest absolute Gasteiger partial charge is 0.127 e. The summed E-state index contributed by atoms with van der Waals surface area (Å²) >= 11 is 0. The van der Waals surface area contributed by atoms with Crippen LogP contribution in [-0.2, 0) is 6.54 Å². The first-order valence-electron chi connectivity index (χ1n) is 8.69. The van der Waals surface area contributed by atoms with E-state index < -0.39 is 0 Å². The highest BCUT2D eigenvalue weighted by atomic mass is 16.3. The number of pyridine rings is 1. The molecule has 0 aliphatic heterocycles. The molecule has 0 aliphatic rings. The highest BCUT2D eigenvalue weighted by molar-refractivity contribution is 5.81. The van der Waals surface area contributed by atoms with E-state index in [4.69, 9.17) is 10.2 Å². The van der Waals surface area contributed by atoms with Crippen LogP contribution in [0, 0.1) is 6.92 Å². The zero-order valence-corrected chi connectivity index (χ0v) is 14.6. The number of nitrogens with zero attached hydrogens (tertiary/aromatic N) is 1. The predicted octanol–water partition coefficient (Wildman–Crippen LogP) is 4.80. The van der Waals surface area contributed by atoms with Crippen LogP contribution in [0.25, 0.3) is 10.9 Å². The molecule has 0 aliphatic carbocycles. The van der Waals surface area contributed by atoms with Crippen molar-refractivity contribution in [2.45, 2.75) is 19.5 Å². The number of hydrogen-bond acceptors (Lipinski definition) is 4. The Hall–Kier alpha value is -3.11. The number of anilines is 1. The number of hydrogen-bond donors (Lipinski definition) is 2. The minimum atomic E-state index is -0.138. The fourth-order valence-corrected chi connectivity index (χ4v) is 3.05. The summed E-state index contributed by atoms with van der Waals surface area (Å²) < 4.78 is 5.57. The van der Waals surface area contributed by atoms with Gasteiger partial charge in [-0.1, -0.05) is 36.4 Å². The van der Waals surface area contributed by atoms with E-state index in [1.165, 1.54) is 0 Å². The highest BCUT2D eigenvalue weighted by Crippen LogP contribution is 2.24. The SMILES string of the molecule is Cc1ccc(CNc2ccc3cc(C(N)c4ccccc4)ccc3n2)o1. The van der Waals surface area contributed by atoms with Crippen molar-refractivity contribution < 1.29 is 4.42 Å². The monoisotopic (exact) mass is 343 g/mol. The van der Waals surface area contributed by atoms with Crippen LogP contribution >= 0.6 is 0 Å². The van der Waals surface area contributed by atoms with E-state index in [2.05, 4.69) is 34.6 Å². The van der Waals surface area contributed by atoms with Gasteiger partial charge in [-0.15, -0.1) is 0 Å². The lowest BCUT2D eigenvalue weighted by atomic mass is 9.98. The molecule has 2 heterocycles. The van der Waals surface area contributed by atoms with Gasteiger partial charge in [0.15, 0.2) is 0 Å². The van der Waals surface area contributed by atoms with E-state index in [1.807, 2.05) is 55.5 Å². The molecule has 2 aromatic carbocycles. The number of fused-ring (bicyclic) bond motifs is 1. The number of benzene rings is 2. The Kier molecular flexibility index (Phi) is 4.42. The van der Waals surface area contributed by atoms with Gasteiger partial charge in [0.2, 0.25) is 0 Å². The van der Waals surface area contributed by atoms with Crippen molar-refractivity contribution in [1.29, 1.82) is 0 Å². The van der Waals surface area contributed by atoms with Gasteiger partial charge in [0.1, 0.15) is 17.3 Å². The van der Waals surface area contributed by atoms with Gasteiger partial charge in [-0.25, -0.2) is 4.98 Å². The Bertz CT molecular complexity index is 1020. The fraction of sp³-hybridized carbons (Fsp3) is 0.136. The minimum absolute atomic E-state index is 0.138. The lowest BCUT2D eigenvalue weighted by Gasteiger charge is -2.13. The largest absolute Gasteiger partial charge is 0.465 e. The number of furan rings is 1. The summed E-state index contributed by atoms with van der Waals surface area (Å²) in [5, 5.41) is 4.38. The quantitative estimate of drug-likeness (QED) is 0.546. The standard InChI is InChI=1S/C22H21N3O/c1-15-7-10-19(26-15)14-24-21-12-9-17-13-18(8-11-20(17)25-21)22(23)16-5-3-2-4-6-16/h2-13,22H,14,23H2,1H3,(H,24,25). The van der Waals surface area contributed by atoms with Crippen molar-refractivity contribution in [1.82, 2.24) is 4.98 Å². The second kappa shape index (κ2) is 7.02.